The number of methoxy groups -OCH3 is 2. The minimum Gasteiger partial charge on any atom is -0.465 e. The van der Waals surface area contributed by atoms with Crippen LogP contribution in [0.4, 0.5) is 17.6 Å². The van der Waals surface area contributed by atoms with Crippen LogP contribution in [0.25, 0.3) is 22.1 Å². The molecule has 0 radical (unpaired) electrons. The van der Waals surface area contributed by atoms with Gasteiger partial charge in [-0.2, -0.15) is 9.97 Å². The number of nitrogens with one attached hydrogen (secondary N) is 1. The van der Waals surface area contributed by atoms with Crippen molar-refractivity contribution < 1.29 is 28.7 Å². The van der Waals surface area contributed by atoms with Crippen molar-refractivity contribution in [1.82, 2.24) is 48.8 Å². The Labute approximate surface area is 380 Å². The third kappa shape index (κ3) is 9.30. The fourth-order valence-electron chi connectivity index (χ4n) is 10.0. The molecule has 2 amide bonds. The van der Waals surface area contributed by atoms with Gasteiger partial charge in [0.15, 0.2) is 0 Å². The number of amides is 2. The lowest BCUT2D eigenvalue weighted by atomic mass is 9.95. The molecule has 6 heterocycles. The maximum atomic E-state index is 13.0. The molecule has 4 saturated carbocycles. The summed E-state index contributed by atoms with van der Waals surface area (Å²) in [6.45, 7) is 0. The second kappa shape index (κ2) is 18.8. The molecular weight excluding hydrogens is 852 g/mol. The molecule has 4 aliphatic carbocycles. The van der Waals surface area contributed by atoms with E-state index in [2.05, 4.69) is 44.1 Å². The molecular formula is C46H53ClN12O6. The standard InChI is InChI=1S/C23H26N6O3.C16H19ClN4O.C7H8N2O2/c1-28(2)21(30)18-10-16-12-25-23(26-19-7-6-15(11-24-19)22(31)32-3)27-20(16)29(18)17-9-13-4-5-14(17)8-13;1-20(2)15(22)13-7-11-8-18-16(17)19-14(11)21(13)12-6-9-3-4-10(12)5-9;1-11-7(10)5-2-3-6(8)9-4-5/h6-7,10-14,17H,4-5,8-9H2,1-3H3,(H,24,25,26,27);7-10,12H,3-6H2,1-2H3;2-4H,1H3,(H2,8,9)/t13-,14+,17+;9-,10+,12+;/m00./s1. The Kier molecular flexibility index (Phi) is 13.0. The maximum Gasteiger partial charge on any atom is 0.339 e. The molecule has 0 aromatic carbocycles. The molecule has 3 N–H and O–H groups in total. The van der Waals surface area contributed by atoms with Crippen molar-refractivity contribution in [3.63, 3.8) is 0 Å². The number of nitrogen functional groups attached to an aromatic ring is 1. The minimum atomic E-state index is -0.441. The average molecular weight is 905 g/mol. The van der Waals surface area contributed by atoms with Crippen molar-refractivity contribution in [2.45, 2.75) is 63.5 Å². The van der Waals surface area contributed by atoms with Crippen LogP contribution in [0.1, 0.15) is 105 Å². The zero-order valence-corrected chi connectivity index (χ0v) is 38.0. The summed E-state index contributed by atoms with van der Waals surface area (Å²) >= 11 is 6.00. The van der Waals surface area contributed by atoms with Crippen molar-refractivity contribution >= 4 is 75.0 Å². The zero-order chi connectivity index (χ0) is 46.1. The van der Waals surface area contributed by atoms with Gasteiger partial charge in [0.1, 0.15) is 34.3 Å². The lowest BCUT2D eigenvalue weighted by Gasteiger charge is -2.26. The van der Waals surface area contributed by atoms with Gasteiger partial charge in [0.2, 0.25) is 11.2 Å². The summed E-state index contributed by atoms with van der Waals surface area (Å²) in [7, 11) is 9.76. The van der Waals surface area contributed by atoms with Crippen molar-refractivity contribution in [3.05, 3.63) is 89.0 Å². The second-order valence-electron chi connectivity index (χ2n) is 17.6. The van der Waals surface area contributed by atoms with E-state index in [4.69, 9.17) is 27.1 Å². The van der Waals surface area contributed by atoms with Gasteiger partial charge in [-0.1, -0.05) is 12.8 Å². The summed E-state index contributed by atoms with van der Waals surface area (Å²) in [5, 5.41) is 5.07. The summed E-state index contributed by atoms with van der Waals surface area (Å²) < 4.78 is 13.4. The van der Waals surface area contributed by atoms with E-state index in [1.165, 1.54) is 65.1 Å². The smallest absolute Gasteiger partial charge is 0.339 e. The van der Waals surface area contributed by atoms with Crippen molar-refractivity contribution in [3.8, 4) is 0 Å². The highest BCUT2D eigenvalue weighted by Gasteiger charge is 2.43. The number of rotatable bonds is 8. The van der Waals surface area contributed by atoms with E-state index >= 15 is 0 Å². The molecule has 4 bridgehead atoms. The molecule has 4 aliphatic rings. The Morgan fingerprint density at radius 1 is 0.662 bits per heavy atom. The van der Waals surface area contributed by atoms with Crippen molar-refractivity contribution in [2.24, 2.45) is 23.7 Å². The monoisotopic (exact) mass is 904 g/mol. The first-order valence-electron chi connectivity index (χ1n) is 21.7. The van der Waals surface area contributed by atoms with Gasteiger partial charge in [0, 0.05) is 75.8 Å². The van der Waals surface area contributed by atoms with Gasteiger partial charge in [0.05, 0.1) is 25.3 Å². The number of nitrogens with zero attached hydrogens (tertiary/aromatic N) is 10. The van der Waals surface area contributed by atoms with E-state index < -0.39 is 11.9 Å². The Hall–Kier alpha value is -6.69. The highest BCUT2D eigenvalue weighted by Crippen LogP contribution is 2.53. The van der Waals surface area contributed by atoms with E-state index in [0.717, 1.165) is 46.7 Å². The minimum absolute atomic E-state index is 0.0110. The number of nitrogens with two attached hydrogens (primary N) is 1. The van der Waals surface area contributed by atoms with Gasteiger partial charge in [-0.25, -0.2) is 29.5 Å². The van der Waals surface area contributed by atoms with E-state index in [0.29, 0.717) is 58.0 Å². The topological polar surface area (TPSA) is 218 Å². The third-order valence-electron chi connectivity index (χ3n) is 13.1. The van der Waals surface area contributed by atoms with E-state index in [9.17, 15) is 19.2 Å². The number of hydrogen-bond donors (Lipinski definition) is 2. The fraction of sp³-hybridized carbons (Fsp3) is 0.435. The summed E-state index contributed by atoms with van der Waals surface area (Å²) in [6, 6.07) is 10.9. The molecule has 0 unspecified atom stereocenters. The predicted octanol–water partition coefficient (Wildman–Crippen LogP) is 7.02. The van der Waals surface area contributed by atoms with Crippen LogP contribution in [0.15, 0.2) is 61.2 Å². The zero-order valence-electron chi connectivity index (χ0n) is 37.3. The molecule has 10 rings (SSSR count). The van der Waals surface area contributed by atoms with Gasteiger partial charge >= 0.3 is 11.9 Å². The maximum absolute atomic E-state index is 13.0. The highest BCUT2D eigenvalue weighted by molar-refractivity contribution is 6.28. The Morgan fingerprint density at radius 3 is 1.60 bits per heavy atom. The average Bonchev–Trinajstić information content (AvgIpc) is 4.19. The number of esters is 2. The van der Waals surface area contributed by atoms with Gasteiger partial charge in [-0.15, -0.1) is 0 Å². The molecule has 6 aromatic rings. The van der Waals surface area contributed by atoms with E-state index in [1.807, 2.05) is 12.1 Å². The highest BCUT2D eigenvalue weighted by atomic mass is 35.5. The van der Waals surface area contributed by atoms with Crippen LogP contribution in [-0.4, -0.2) is 115 Å². The number of carbonyl (C=O) groups excluding carboxylic acids is 4. The first kappa shape index (κ1) is 44.9. The van der Waals surface area contributed by atoms with Crippen LogP contribution in [0.3, 0.4) is 0 Å². The number of hydrogen-bond acceptors (Lipinski definition) is 14. The fourth-order valence-corrected chi connectivity index (χ4v) is 10.2. The summed E-state index contributed by atoms with van der Waals surface area (Å²) in [5.41, 5.74) is 9.00. The lowest BCUT2D eigenvalue weighted by Crippen LogP contribution is -2.27. The number of pyridine rings is 2. The number of aromatic nitrogens is 8. The Bertz CT molecular complexity index is 2740. The van der Waals surface area contributed by atoms with Crippen molar-refractivity contribution in [1.29, 1.82) is 0 Å². The van der Waals surface area contributed by atoms with Gasteiger partial charge < -0.3 is 39.5 Å². The molecule has 6 atom stereocenters. The number of anilines is 3. The summed E-state index contributed by atoms with van der Waals surface area (Å²) in [5.74, 6) is 3.21. The Balaban J connectivity index is 0.000000150. The molecule has 19 heteroatoms. The van der Waals surface area contributed by atoms with Crippen LogP contribution < -0.4 is 11.1 Å². The molecule has 0 aliphatic heterocycles. The van der Waals surface area contributed by atoms with E-state index in [-0.39, 0.29) is 23.1 Å². The molecule has 4 fully saturated rings. The largest absolute Gasteiger partial charge is 0.465 e. The molecule has 340 valence electrons. The van der Waals surface area contributed by atoms with Gasteiger partial charge in [-0.05, 0) is 110 Å². The number of ether oxygens (including phenoxy) is 2. The molecule has 0 spiro atoms. The van der Waals surface area contributed by atoms with Crippen LogP contribution in [-0.2, 0) is 9.47 Å². The quantitative estimate of drug-likeness (QED) is 0.116. The summed E-state index contributed by atoms with van der Waals surface area (Å²) in [6.07, 6.45) is 16.1. The second-order valence-corrected chi connectivity index (χ2v) is 17.9. The first-order valence-corrected chi connectivity index (χ1v) is 22.1. The Morgan fingerprint density at radius 2 is 1.17 bits per heavy atom. The van der Waals surface area contributed by atoms with Gasteiger partial charge in [0.25, 0.3) is 11.8 Å². The molecule has 18 nitrogen and oxygen atoms in total. The molecule has 0 saturated heterocycles. The van der Waals surface area contributed by atoms with Crippen molar-refractivity contribution in [2.75, 3.05) is 53.5 Å². The number of halogens is 1. The van der Waals surface area contributed by atoms with Crippen LogP contribution in [0.5, 0.6) is 0 Å². The van der Waals surface area contributed by atoms with Crippen LogP contribution in [0, 0.1) is 23.7 Å². The van der Waals surface area contributed by atoms with Crippen LogP contribution >= 0.6 is 11.6 Å². The molecule has 6 aromatic heterocycles. The van der Waals surface area contributed by atoms with Gasteiger partial charge in [-0.3, -0.25) is 9.59 Å². The predicted molar refractivity (Wildman–Crippen MR) is 244 cm³/mol. The third-order valence-corrected chi connectivity index (χ3v) is 13.3. The number of fused-ring (bicyclic) bond motifs is 6. The van der Waals surface area contributed by atoms with E-state index in [1.54, 1.807) is 74.6 Å². The lowest BCUT2D eigenvalue weighted by molar-refractivity contribution is 0.0591. The van der Waals surface area contributed by atoms with Crippen LogP contribution in [0.2, 0.25) is 5.28 Å². The first-order chi connectivity index (χ1) is 31.2. The number of carbonyl (C=O) groups is 4. The molecule has 65 heavy (non-hydrogen) atoms. The normalized spacial score (nSPS) is 21.3. The SMILES string of the molecule is CN(C)C(=O)c1cc2cnc(Cl)nc2n1[C@@H]1C[C@H]2CC[C@@H]1C2.COC(=O)c1ccc(N)nc1.COC(=O)c1ccc(Nc2ncc3cc(C(=O)N(C)C)n([C@@H]4C[C@H]5CC[C@@H]4C5)c3n2)nc1. The summed E-state index contributed by atoms with van der Waals surface area (Å²) in [4.78, 5) is 76.9.